The molecule has 4 aromatic rings. The van der Waals surface area contributed by atoms with Gasteiger partial charge in [-0.3, -0.25) is 0 Å². The smallest absolute Gasteiger partial charge is 0.406 e. The molecule has 7 nitrogen and oxygen atoms in total. The van der Waals surface area contributed by atoms with Crippen molar-refractivity contribution in [3.05, 3.63) is 77.7 Å². The third kappa shape index (κ3) is 5.63. The summed E-state index contributed by atoms with van der Waals surface area (Å²) in [7, 11) is 3.17. The zero-order valence-corrected chi connectivity index (χ0v) is 19.1. The molecular weight excluding hydrogens is 459 g/mol. The van der Waals surface area contributed by atoms with Crippen LogP contribution in [0.15, 0.2) is 60.8 Å². The van der Waals surface area contributed by atoms with E-state index >= 15 is 0 Å². The van der Waals surface area contributed by atoms with Crippen molar-refractivity contribution in [2.75, 3.05) is 19.1 Å². The topological polar surface area (TPSA) is 76.2 Å². The zero-order chi connectivity index (χ0) is 25.0. The lowest BCUT2D eigenvalue weighted by Crippen LogP contribution is -2.23. The first-order valence-corrected chi connectivity index (χ1v) is 10.6. The van der Waals surface area contributed by atoms with Crippen molar-refractivity contribution in [1.29, 1.82) is 5.26 Å². The first kappa shape index (κ1) is 23.9. The van der Waals surface area contributed by atoms with Gasteiger partial charge in [0.1, 0.15) is 35.4 Å². The summed E-state index contributed by atoms with van der Waals surface area (Å²) < 4.78 is 51.0. The van der Waals surface area contributed by atoms with Gasteiger partial charge in [0.25, 0.3) is 0 Å². The number of methoxy groups -OCH3 is 2. The van der Waals surface area contributed by atoms with E-state index in [0.29, 0.717) is 18.9 Å². The van der Waals surface area contributed by atoms with Gasteiger partial charge in [0.15, 0.2) is 0 Å². The van der Waals surface area contributed by atoms with Crippen molar-refractivity contribution in [3.8, 4) is 17.6 Å². The fourth-order valence-electron chi connectivity index (χ4n) is 3.74. The molecule has 0 spiro atoms. The van der Waals surface area contributed by atoms with Crippen molar-refractivity contribution < 1.29 is 22.6 Å². The predicted molar refractivity (Wildman–Crippen MR) is 124 cm³/mol. The number of hydrogen-bond acceptors (Lipinski definition) is 6. The number of imidazole rings is 1. The van der Waals surface area contributed by atoms with Crippen molar-refractivity contribution in [2.24, 2.45) is 0 Å². The molecule has 0 fully saturated rings. The predicted octanol–water partition coefficient (Wildman–Crippen LogP) is 5.09. The summed E-state index contributed by atoms with van der Waals surface area (Å²) in [6, 6.07) is 18.3. The van der Waals surface area contributed by atoms with Gasteiger partial charge < -0.3 is 18.9 Å². The number of pyridine rings is 1. The average molecular weight is 481 g/mol. The molecule has 0 N–H and O–H groups in total. The molecule has 0 aliphatic rings. The number of benzene rings is 2. The highest BCUT2D eigenvalue weighted by molar-refractivity contribution is 5.79. The molecule has 0 radical (unpaired) electrons. The second-order valence-electron chi connectivity index (χ2n) is 7.83. The highest BCUT2D eigenvalue weighted by Gasteiger charge is 2.30. The number of halogens is 3. The molecule has 0 aliphatic heterocycles. The monoisotopic (exact) mass is 481 g/mol. The Morgan fingerprint density at radius 2 is 1.49 bits per heavy atom. The summed E-state index contributed by atoms with van der Waals surface area (Å²) in [6.07, 6.45) is -3.11. The van der Waals surface area contributed by atoms with E-state index in [1.165, 1.54) is 6.20 Å². The van der Waals surface area contributed by atoms with E-state index in [1.54, 1.807) is 26.4 Å². The Morgan fingerprint density at radius 1 is 0.943 bits per heavy atom. The van der Waals surface area contributed by atoms with Gasteiger partial charge >= 0.3 is 6.18 Å². The minimum atomic E-state index is -4.51. The fraction of sp³-hybridized carbons (Fsp3) is 0.240. The molecule has 0 aliphatic carbocycles. The standard InChI is InChI=1S/C25H22F3N5O2/c1-34-19-7-3-17(4-8-19)14-32(15-18-5-9-20(35-2)10-6-18)23-11-22-21(13-30-23)31-24(12-29)33(22)16-25(26,27)28/h3-11,13H,14-16H2,1-2H3. The summed E-state index contributed by atoms with van der Waals surface area (Å²) >= 11 is 0. The van der Waals surface area contributed by atoms with Crippen molar-refractivity contribution in [2.45, 2.75) is 25.8 Å². The van der Waals surface area contributed by atoms with Crippen LogP contribution in [0.4, 0.5) is 19.0 Å². The van der Waals surface area contributed by atoms with Gasteiger partial charge in [-0.25, -0.2) is 9.97 Å². The number of nitrogens with zero attached hydrogens (tertiary/aromatic N) is 5. The maximum Gasteiger partial charge on any atom is 0.406 e. The van der Waals surface area contributed by atoms with E-state index < -0.39 is 12.7 Å². The van der Waals surface area contributed by atoms with E-state index in [2.05, 4.69) is 9.97 Å². The van der Waals surface area contributed by atoms with E-state index in [4.69, 9.17) is 9.47 Å². The summed E-state index contributed by atoms with van der Waals surface area (Å²) in [5, 5.41) is 9.32. The lowest BCUT2D eigenvalue weighted by molar-refractivity contribution is -0.140. The van der Waals surface area contributed by atoms with Crippen LogP contribution in [0.1, 0.15) is 17.0 Å². The number of hydrogen-bond donors (Lipinski definition) is 0. The summed E-state index contributed by atoms with van der Waals surface area (Å²) in [6.45, 7) is -0.438. The minimum Gasteiger partial charge on any atom is -0.497 e. The van der Waals surface area contributed by atoms with Crippen LogP contribution in [0, 0.1) is 11.3 Å². The van der Waals surface area contributed by atoms with Gasteiger partial charge in [-0.2, -0.15) is 18.4 Å². The molecule has 0 bridgehead atoms. The van der Waals surface area contributed by atoms with Crippen LogP contribution in [0.5, 0.6) is 11.5 Å². The number of anilines is 1. The average Bonchev–Trinajstić information content (AvgIpc) is 3.19. The molecule has 0 amide bonds. The molecule has 10 heteroatoms. The first-order chi connectivity index (χ1) is 16.8. The maximum absolute atomic E-state index is 13.2. The van der Waals surface area contributed by atoms with Crippen LogP contribution in [-0.2, 0) is 19.6 Å². The van der Waals surface area contributed by atoms with Crippen LogP contribution in [0.3, 0.4) is 0 Å². The molecule has 0 atom stereocenters. The van der Waals surface area contributed by atoms with Crippen LogP contribution < -0.4 is 14.4 Å². The van der Waals surface area contributed by atoms with E-state index in [9.17, 15) is 18.4 Å². The number of ether oxygens (including phenoxy) is 2. The number of rotatable bonds is 8. The van der Waals surface area contributed by atoms with Crippen LogP contribution >= 0.6 is 0 Å². The van der Waals surface area contributed by atoms with Gasteiger partial charge in [-0.1, -0.05) is 24.3 Å². The molecule has 180 valence electrons. The fourth-order valence-corrected chi connectivity index (χ4v) is 3.74. The summed E-state index contributed by atoms with van der Waals surface area (Å²) in [5.41, 5.74) is 2.34. The molecule has 35 heavy (non-hydrogen) atoms. The second-order valence-corrected chi connectivity index (χ2v) is 7.83. The quantitative estimate of drug-likeness (QED) is 0.349. The van der Waals surface area contributed by atoms with Crippen molar-refractivity contribution in [1.82, 2.24) is 14.5 Å². The Kier molecular flexibility index (Phi) is 6.78. The minimum absolute atomic E-state index is 0.193. The molecule has 4 rings (SSSR count). The normalized spacial score (nSPS) is 11.3. The highest BCUT2D eigenvalue weighted by atomic mass is 19.4. The lowest BCUT2D eigenvalue weighted by atomic mass is 10.1. The maximum atomic E-state index is 13.2. The molecule has 0 saturated carbocycles. The molecular formula is C25H22F3N5O2. The van der Waals surface area contributed by atoms with Crippen molar-refractivity contribution in [3.63, 3.8) is 0 Å². The molecule has 0 saturated heterocycles. The van der Waals surface area contributed by atoms with Gasteiger partial charge in [0.2, 0.25) is 5.82 Å². The Labute approximate surface area is 200 Å². The lowest BCUT2D eigenvalue weighted by Gasteiger charge is -2.24. The largest absolute Gasteiger partial charge is 0.497 e. The number of aromatic nitrogens is 3. The summed E-state index contributed by atoms with van der Waals surface area (Å²) in [5.74, 6) is 1.58. The van der Waals surface area contributed by atoms with Crippen LogP contribution in [-0.4, -0.2) is 34.9 Å². The molecule has 2 aromatic heterocycles. The van der Waals surface area contributed by atoms with E-state index in [-0.39, 0.29) is 16.9 Å². The van der Waals surface area contributed by atoms with Crippen molar-refractivity contribution >= 4 is 16.9 Å². The Bertz CT molecular complexity index is 1290. The number of nitriles is 1. The number of fused-ring (bicyclic) bond motifs is 1. The molecule has 2 heterocycles. The Balaban J connectivity index is 1.74. The number of alkyl halides is 3. The van der Waals surface area contributed by atoms with Crippen LogP contribution in [0.2, 0.25) is 0 Å². The SMILES string of the molecule is COc1ccc(CN(Cc2ccc(OC)cc2)c2cc3c(cn2)nc(C#N)n3CC(F)(F)F)cc1. The van der Waals surface area contributed by atoms with Gasteiger partial charge in [0, 0.05) is 19.2 Å². The first-order valence-electron chi connectivity index (χ1n) is 10.6. The Morgan fingerprint density at radius 3 is 1.94 bits per heavy atom. The van der Waals surface area contributed by atoms with Crippen LogP contribution in [0.25, 0.3) is 11.0 Å². The second kappa shape index (κ2) is 9.93. The third-order valence-corrected chi connectivity index (χ3v) is 5.45. The molecule has 0 unspecified atom stereocenters. The van der Waals surface area contributed by atoms with Gasteiger partial charge in [-0.05, 0) is 35.4 Å². The van der Waals surface area contributed by atoms with Gasteiger partial charge in [-0.15, -0.1) is 0 Å². The third-order valence-electron chi connectivity index (χ3n) is 5.45. The zero-order valence-electron chi connectivity index (χ0n) is 19.1. The van der Waals surface area contributed by atoms with E-state index in [0.717, 1.165) is 27.2 Å². The highest BCUT2D eigenvalue weighted by Crippen LogP contribution is 2.27. The van der Waals surface area contributed by atoms with Gasteiger partial charge in [0.05, 0.1) is 25.9 Å². The van der Waals surface area contributed by atoms with E-state index in [1.807, 2.05) is 53.4 Å². The molecule has 2 aromatic carbocycles. The Hall–Kier alpha value is -4.26. The summed E-state index contributed by atoms with van der Waals surface area (Å²) in [4.78, 5) is 10.4.